The number of carboxylic acids is 1. The molecule has 1 aliphatic heterocycles. The number of ether oxygens (including phenoxy) is 1. The minimum atomic E-state index is -0.799. The lowest BCUT2D eigenvalue weighted by molar-refractivity contribution is -0.142. The van der Waals surface area contributed by atoms with Gasteiger partial charge in [0, 0.05) is 30.7 Å². The fourth-order valence-corrected chi connectivity index (χ4v) is 5.28. The summed E-state index contributed by atoms with van der Waals surface area (Å²) in [4.78, 5) is 22.7. The van der Waals surface area contributed by atoms with Crippen LogP contribution in [0, 0.1) is 28.6 Å². The number of benzene rings is 2. The average Bonchev–Trinajstić information content (AvgIpc) is 3.42. The van der Waals surface area contributed by atoms with E-state index in [1.807, 2.05) is 46.8 Å². The Kier molecular flexibility index (Phi) is 8.30. The number of aryl methyl sites for hydroxylation is 1. The number of imidazole rings is 1. The van der Waals surface area contributed by atoms with E-state index in [0.29, 0.717) is 53.6 Å². The maximum Gasteiger partial charge on any atom is 0.306 e. The summed E-state index contributed by atoms with van der Waals surface area (Å²) in [7, 11) is 1.89. The summed E-state index contributed by atoms with van der Waals surface area (Å²) < 4.78 is 8.43. The lowest BCUT2D eigenvalue weighted by Crippen LogP contribution is -2.37. The second-order valence-electron chi connectivity index (χ2n) is 9.93. The van der Waals surface area contributed by atoms with Crippen LogP contribution in [0.25, 0.3) is 11.1 Å². The van der Waals surface area contributed by atoms with Gasteiger partial charge in [-0.2, -0.15) is 10.5 Å². The number of anilines is 1. The van der Waals surface area contributed by atoms with E-state index in [9.17, 15) is 20.4 Å². The molecule has 10 heteroatoms. The highest BCUT2D eigenvalue weighted by atomic mass is 35.5. The number of piperidine rings is 1. The zero-order chi connectivity index (χ0) is 28.9. The number of nitrogens with zero attached hydrogens (tertiary/aromatic N) is 6. The predicted octanol–water partition coefficient (Wildman–Crippen LogP) is 5.49. The number of carbonyl (C=O) groups is 1. The maximum absolute atomic E-state index is 11.5. The van der Waals surface area contributed by atoms with Crippen LogP contribution < -0.4 is 4.90 Å². The number of hydrogen-bond donors (Lipinski definition) is 1. The quantitative estimate of drug-likeness (QED) is 0.297. The van der Waals surface area contributed by atoms with E-state index in [-0.39, 0.29) is 6.61 Å². The van der Waals surface area contributed by atoms with Crippen molar-refractivity contribution in [2.75, 3.05) is 18.0 Å². The number of nitriles is 2. The van der Waals surface area contributed by atoms with Gasteiger partial charge < -0.3 is 19.3 Å². The number of rotatable bonds is 8. The highest BCUT2D eigenvalue weighted by Crippen LogP contribution is 2.34. The molecule has 41 heavy (non-hydrogen) atoms. The molecule has 0 amide bonds. The van der Waals surface area contributed by atoms with Crippen molar-refractivity contribution in [2.45, 2.75) is 25.6 Å². The van der Waals surface area contributed by atoms with Crippen molar-refractivity contribution in [1.29, 1.82) is 10.5 Å². The van der Waals surface area contributed by atoms with Crippen LogP contribution in [0.1, 0.15) is 47.0 Å². The summed E-state index contributed by atoms with van der Waals surface area (Å²) in [5.41, 5.74) is 4.75. The fourth-order valence-electron chi connectivity index (χ4n) is 5.09. The van der Waals surface area contributed by atoms with Crippen molar-refractivity contribution in [2.24, 2.45) is 13.0 Å². The van der Waals surface area contributed by atoms with Gasteiger partial charge >= 0.3 is 5.97 Å². The van der Waals surface area contributed by atoms with Crippen molar-refractivity contribution in [3.05, 3.63) is 100 Å². The van der Waals surface area contributed by atoms with Crippen molar-refractivity contribution < 1.29 is 14.6 Å². The van der Waals surface area contributed by atoms with E-state index in [1.54, 1.807) is 36.8 Å². The Balaban J connectivity index is 1.54. The van der Waals surface area contributed by atoms with E-state index in [1.165, 1.54) is 0 Å². The molecule has 1 atom stereocenters. The molecule has 0 radical (unpaired) electrons. The topological polar surface area (TPSA) is 128 Å². The van der Waals surface area contributed by atoms with Gasteiger partial charge in [0.1, 0.15) is 18.0 Å². The Morgan fingerprint density at radius 2 is 1.90 bits per heavy atom. The fraction of sp³-hybridized carbons (Fsp3) is 0.258. The summed E-state index contributed by atoms with van der Waals surface area (Å²) in [5.74, 6) is -0.693. The summed E-state index contributed by atoms with van der Waals surface area (Å²) >= 11 is 6.32. The Morgan fingerprint density at radius 3 is 2.51 bits per heavy atom. The minimum absolute atomic E-state index is 0.0992. The molecular formula is C31H27ClN6O3. The maximum atomic E-state index is 11.5. The normalized spacial score (nSPS) is 14.3. The largest absolute Gasteiger partial charge is 0.481 e. The predicted molar refractivity (Wildman–Crippen MR) is 153 cm³/mol. The van der Waals surface area contributed by atoms with Gasteiger partial charge in [0.05, 0.1) is 53.6 Å². The Labute approximate surface area is 242 Å². The van der Waals surface area contributed by atoms with Crippen LogP contribution in [-0.2, 0) is 23.2 Å². The molecule has 2 aromatic heterocycles. The molecule has 1 saturated heterocycles. The summed E-state index contributed by atoms with van der Waals surface area (Å²) in [6.45, 7) is 1.07. The molecule has 206 valence electrons. The van der Waals surface area contributed by atoms with Crippen LogP contribution in [0.15, 0.2) is 67.1 Å². The van der Waals surface area contributed by atoms with Crippen molar-refractivity contribution in [1.82, 2.24) is 14.5 Å². The molecule has 0 bridgehead atoms. The first-order valence-electron chi connectivity index (χ1n) is 13.1. The molecule has 1 unspecified atom stereocenters. The van der Waals surface area contributed by atoms with Crippen LogP contribution in [-0.4, -0.2) is 38.7 Å². The monoisotopic (exact) mass is 566 g/mol. The van der Waals surface area contributed by atoms with Crippen LogP contribution >= 0.6 is 11.6 Å². The molecule has 1 fully saturated rings. The molecule has 3 heterocycles. The zero-order valence-corrected chi connectivity index (χ0v) is 23.1. The molecule has 9 nitrogen and oxygen atoms in total. The summed E-state index contributed by atoms with van der Waals surface area (Å²) in [6.07, 6.45) is 3.89. The molecule has 4 aromatic rings. The van der Waals surface area contributed by atoms with Gasteiger partial charge in [0.2, 0.25) is 0 Å². The first-order chi connectivity index (χ1) is 19.9. The standard InChI is InChI=1S/C31H27ClN6O3/c1-37-19-35-17-28(37)29(21-7-5-20(15-33)6-8-21)41-18-27-26(23-3-2-4-25(32)13-23)14-24(16-34)30(36-27)38-11-9-22(10-12-38)31(39)40/h2-8,13-14,17,19,22,29H,9-12,18H2,1H3,(H,39,40). The van der Waals surface area contributed by atoms with Gasteiger partial charge in [-0.15, -0.1) is 0 Å². The highest BCUT2D eigenvalue weighted by molar-refractivity contribution is 6.30. The third-order valence-corrected chi connectivity index (χ3v) is 7.57. The number of halogens is 1. The smallest absolute Gasteiger partial charge is 0.306 e. The number of aromatic nitrogens is 3. The molecule has 0 spiro atoms. The van der Waals surface area contributed by atoms with Gasteiger partial charge in [-0.05, 0) is 54.3 Å². The highest BCUT2D eigenvalue weighted by Gasteiger charge is 2.28. The Bertz CT molecular complexity index is 1650. The Morgan fingerprint density at radius 1 is 1.15 bits per heavy atom. The van der Waals surface area contributed by atoms with Crippen molar-refractivity contribution in [3.8, 4) is 23.3 Å². The second-order valence-corrected chi connectivity index (χ2v) is 10.4. The van der Waals surface area contributed by atoms with Crippen LogP contribution in [0.2, 0.25) is 5.02 Å². The lowest BCUT2D eigenvalue weighted by Gasteiger charge is -2.32. The third kappa shape index (κ3) is 6.07. The van der Waals surface area contributed by atoms with Gasteiger partial charge in [-0.25, -0.2) is 9.97 Å². The van der Waals surface area contributed by atoms with E-state index in [2.05, 4.69) is 17.1 Å². The Hall–Kier alpha value is -4.70. The number of carboxylic acid groups (broad SMARTS) is 1. The SMILES string of the molecule is Cn1cncc1C(OCc1nc(N2CCC(C(=O)O)CC2)c(C#N)cc1-c1cccc(Cl)c1)c1ccc(C#N)cc1. The molecule has 1 N–H and O–H groups in total. The van der Waals surface area contributed by atoms with Crippen LogP contribution in [0.5, 0.6) is 0 Å². The molecule has 5 rings (SSSR count). The van der Waals surface area contributed by atoms with Crippen molar-refractivity contribution in [3.63, 3.8) is 0 Å². The van der Waals surface area contributed by atoms with Gasteiger partial charge in [-0.1, -0.05) is 35.9 Å². The first kappa shape index (κ1) is 27.9. The van der Waals surface area contributed by atoms with Gasteiger partial charge in [0.15, 0.2) is 0 Å². The van der Waals surface area contributed by atoms with E-state index in [4.69, 9.17) is 21.3 Å². The van der Waals surface area contributed by atoms with Crippen LogP contribution in [0.3, 0.4) is 0 Å². The number of aliphatic carboxylic acids is 1. The second kappa shape index (κ2) is 12.2. The van der Waals surface area contributed by atoms with E-state index < -0.39 is 18.0 Å². The molecule has 1 aliphatic rings. The first-order valence-corrected chi connectivity index (χ1v) is 13.5. The molecule has 2 aromatic carbocycles. The lowest BCUT2D eigenvalue weighted by atomic mass is 9.96. The molecule has 0 aliphatic carbocycles. The third-order valence-electron chi connectivity index (χ3n) is 7.33. The summed E-state index contributed by atoms with van der Waals surface area (Å²) in [5, 5.41) is 29.3. The van der Waals surface area contributed by atoms with E-state index in [0.717, 1.165) is 22.4 Å². The summed E-state index contributed by atoms with van der Waals surface area (Å²) in [6, 6.07) is 20.8. The number of hydrogen-bond acceptors (Lipinski definition) is 7. The van der Waals surface area contributed by atoms with Crippen molar-refractivity contribution >= 4 is 23.4 Å². The van der Waals surface area contributed by atoms with Gasteiger partial charge in [-0.3, -0.25) is 4.79 Å². The zero-order valence-electron chi connectivity index (χ0n) is 22.4. The molecule has 0 saturated carbocycles. The van der Waals surface area contributed by atoms with E-state index >= 15 is 0 Å². The average molecular weight is 567 g/mol. The minimum Gasteiger partial charge on any atom is -0.481 e. The van der Waals surface area contributed by atoms with Gasteiger partial charge in [0.25, 0.3) is 0 Å². The van der Waals surface area contributed by atoms with Crippen LogP contribution in [0.4, 0.5) is 5.82 Å². The number of pyridine rings is 1. The molecular weight excluding hydrogens is 540 g/mol.